The maximum absolute atomic E-state index is 12.9. The lowest BCUT2D eigenvalue weighted by Crippen LogP contribution is -2.58. The normalized spacial score (nSPS) is 21.1. The molecular formula is C23H26N4O5. The number of carbonyl (C=O) groups excluding carboxylic acids is 3. The number of hydrogen-bond acceptors (Lipinski definition) is 7. The zero-order chi connectivity index (χ0) is 22.7. The molecule has 9 nitrogen and oxygen atoms in total. The van der Waals surface area contributed by atoms with Crippen LogP contribution < -0.4 is 5.32 Å². The van der Waals surface area contributed by atoms with Gasteiger partial charge in [-0.3, -0.25) is 19.7 Å². The number of nitrogens with one attached hydrogen (secondary N) is 1. The molecule has 2 aromatic rings. The largest absolute Gasteiger partial charge is 0.465 e. The van der Waals surface area contributed by atoms with Crippen LogP contribution in [0.15, 0.2) is 52.1 Å². The average molecular weight is 438 g/mol. The monoisotopic (exact) mass is 438 g/mol. The van der Waals surface area contributed by atoms with Gasteiger partial charge in [-0.2, -0.15) is 0 Å². The van der Waals surface area contributed by atoms with E-state index in [1.165, 1.54) is 6.26 Å². The summed E-state index contributed by atoms with van der Waals surface area (Å²) in [6.07, 6.45) is 1.47. The standard InChI is InChI=1S/C23H26N4O5/c1-3-31-22(30)18-19(16-8-6-15(2)7-9-16)24-23(25-20(18)28)27-12-10-26(11-13-27)21(29)17-5-4-14-32-17/h4-9,14,18-19H,3,10-13H2,1-2H3,(H,24,25,28)/t18-,19+/m1/s1. The van der Waals surface area contributed by atoms with E-state index < -0.39 is 23.8 Å². The molecule has 4 rings (SSSR count). The summed E-state index contributed by atoms with van der Waals surface area (Å²) in [6.45, 7) is 5.78. The number of amides is 2. The summed E-state index contributed by atoms with van der Waals surface area (Å²) in [5.74, 6) is -1.53. The smallest absolute Gasteiger partial charge is 0.321 e. The number of rotatable bonds is 4. The summed E-state index contributed by atoms with van der Waals surface area (Å²) >= 11 is 0. The van der Waals surface area contributed by atoms with Crippen molar-refractivity contribution in [3.63, 3.8) is 0 Å². The van der Waals surface area contributed by atoms with Crippen LogP contribution >= 0.6 is 0 Å². The molecule has 1 fully saturated rings. The lowest BCUT2D eigenvalue weighted by Gasteiger charge is -2.38. The van der Waals surface area contributed by atoms with Crippen molar-refractivity contribution in [1.82, 2.24) is 15.1 Å². The molecule has 1 aromatic heterocycles. The van der Waals surface area contributed by atoms with Crippen LogP contribution in [0.2, 0.25) is 0 Å². The lowest BCUT2D eigenvalue weighted by atomic mass is 9.91. The van der Waals surface area contributed by atoms with E-state index in [4.69, 9.17) is 14.1 Å². The maximum atomic E-state index is 12.9. The third-order valence-corrected chi connectivity index (χ3v) is 5.65. The van der Waals surface area contributed by atoms with E-state index in [1.807, 2.05) is 36.1 Å². The summed E-state index contributed by atoms with van der Waals surface area (Å²) in [6, 6.07) is 10.3. The Morgan fingerprint density at radius 1 is 1.16 bits per heavy atom. The summed E-state index contributed by atoms with van der Waals surface area (Å²) in [5, 5.41) is 2.77. The molecule has 1 aromatic carbocycles. The Bertz CT molecular complexity index is 1010. The van der Waals surface area contributed by atoms with Gasteiger partial charge in [0, 0.05) is 26.2 Å². The molecule has 0 radical (unpaired) electrons. The van der Waals surface area contributed by atoms with E-state index in [9.17, 15) is 14.4 Å². The highest BCUT2D eigenvalue weighted by Gasteiger charge is 2.42. The number of furan rings is 1. The first-order valence-electron chi connectivity index (χ1n) is 10.7. The molecular weight excluding hydrogens is 412 g/mol. The van der Waals surface area contributed by atoms with E-state index in [1.54, 1.807) is 24.0 Å². The molecule has 2 amide bonds. The number of nitrogens with zero attached hydrogens (tertiary/aromatic N) is 3. The van der Waals surface area contributed by atoms with E-state index >= 15 is 0 Å². The minimum Gasteiger partial charge on any atom is -0.465 e. The number of guanidine groups is 1. The van der Waals surface area contributed by atoms with Gasteiger partial charge in [0.2, 0.25) is 11.9 Å². The van der Waals surface area contributed by atoms with E-state index in [0.29, 0.717) is 37.9 Å². The predicted octanol–water partition coefficient (Wildman–Crippen LogP) is 1.75. The molecule has 3 heterocycles. The minimum atomic E-state index is -1.05. The first-order chi connectivity index (χ1) is 15.5. The van der Waals surface area contributed by atoms with E-state index in [0.717, 1.165) is 11.1 Å². The molecule has 1 N–H and O–H groups in total. The number of benzene rings is 1. The molecule has 0 spiro atoms. The van der Waals surface area contributed by atoms with Crippen molar-refractivity contribution < 1.29 is 23.5 Å². The number of aryl methyl sites for hydroxylation is 1. The van der Waals surface area contributed by atoms with E-state index in [-0.39, 0.29) is 12.5 Å². The second kappa shape index (κ2) is 9.25. The Morgan fingerprint density at radius 2 is 1.88 bits per heavy atom. The van der Waals surface area contributed by atoms with Gasteiger partial charge in [0.15, 0.2) is 11.7 Å². The van der Waals surface area contributed by atoms with Gasteiger partial charge in [-0.25, -0.2) is 4.99 Å². The summed E-state index contributed by atoms with van der Waals surface area (Å²) in [4.78, 5) is 46.4. The Balaban J connectivity index is 1.54. The summed E-state index contributed by atoms with van der Waals surface area (Å²) < 4.78 is 10.3. The van der Waals surface area contributed by atoms with Crippen molar-refractivity contribution >= 4 is 23.7 Å². The van der Waals surface area contributed by atoms with Gasteiger partial charge in [0.1, 0.15) is 6.04 Å². The molecule has 9 heteroatoms. The highest BCUT2D eigenvalue weighted by atomic mass is 16.5. The molecule has 0 bridgehead atoms. The van der Waals surface area contributed by atoms with Gasteiger partial charge in [0.25, 0.3) is 5.91 Å². The van der Waals surface area contributed by atoms with Crippen molar-refractivity contribution in [2.75, 3.05) is 32.8 Å². The van der Waals surface area contributed by atoms with Gasteiger partial charge < -0.3 is 19.0 Å². The van der Waals surface area contributed by atoms with Gasteiger partial charge in [-0.05, 0) is 31.5 Å². The third-order valence-electron chi connectivity index (χ3n) is 5.65. The van der Waals surface area contributed by atoms with Crippen molar-refractivity contribution in [3.05, 3.63) is 59.5 Å². The van der Waals surface area contributed by atoms with Crippen LogP contribution in [-0.4, -0.2) is 66.3 Å². The zero-order valence-corrected chi connectivity index (χ0v) is 18.1. The van der Waals surface area contributed by atoms with Crippen LogP contribution in [0.3, 0.4) is 0 Å². The topological polar surface area (TPSA) is 104 Å². The minimum absolute atomic E-state index is 0.163. The van der Waals surface area contributed by atoms with Crippen molar-refractivity contribution in [2.24, 2.45) is 10.9 Å². The number of esters is 1. The van der Waals surface area contributed by atoms with Crippen LogP contribution in [0.5, 0.6) is 0 Å². The van der Waals surface area contributed by atoms with Gasteiger partial charge in [-0.1, -0.05) is 29.8 Å². The third kappa shape index (κ3) is 4.37. The summed E-state index contributed by atoms with van der Waals surface area (Å²) in [7, 11) is 0. The van der Waals surface area contributed by atoms with Crippen LogP contribution in [0.4, 0.5) is 0 Å². The first kappa shape index (κ1) is 21.6. The van der Waals surface area contributed by atoms with Crippen molar-refractivity contribution in [2.45, 2.75) is 19.9 Å². The second-order valence-corrected chi connectivity index (χ2v) is 7.78. The molecule has 0 saturated carbocycles. The number of carbonyl (C=O) groups is 3. The second-order valence-electron chi connectivity index (χ2n) is 7.78. The Hall–Kier alpha value is -3.62. The first-order valence-corrected chi connectivity index (χ1v) is 10.7. The molecule has 2 aliphatic heterocycles. The van der Waals surface area contributed by atoms with Gasteiger partial charge in [0.05, 0.1) is 12.9 Å². The Labute approximate surface area is 186 Å². The number of hydrogen-bond donors (Lipinski definition) is 1. The van der Waals surface area contributed by atoms with Crippen molar-refractivity contribution in [1.29, 1.82) is 0 Å². The lowest BCUT2D eigenvalue weighted by molar-refractivity contribution is -0.153. The molecule has 32 heavy (non-hydrogen) atoms. The summed E-state index contributed by atoms with van der Waals surface area (Å²) in [5.41, 5.74) is 1.84. The molecule has 0 unspecified atom stereocenters. The van der Waals surface area contributed by atoms with Crippen LogP contribution in [-0.2, 0) is 14.3 Å². The van der Waals surface area contributed by atoms with Crippen LogP contribution in [0.1, 0.15) is 34.6 Å². The van der Waals surface area contributed by atoms with E-state index in [2.05, 4.69) is 5.32 Å². The van der Waals surface area contributed by atoms with Crippen LogP contribution in [0.25, 0.3) is 0 Å². The highest BCUT2D eigenvalue weighted by Crippen LogP contribution is 2.31. The van der Waals surface area contributed by atoms with Gasteiger partial charge in [-0.15, -0.1) is 0 Å². The van der Waals surface area contributed by atoms with Crippen LogP contribution in [0, 0.1) is 12.8 Å². The molecule has 2 aliphatic rings. The maximum Gasteiger partial charge on any atom is 0.321 e. The number of ether oxygens (including phenoxy) is 1. The Morgan fingerprint density at radius 3 is 2.50 bits per heavy atom. The van der Waals surface area contributed by atoms with Crippen molar-refractivity contribution in [3.8, 4) is 0 Å². The molecule has 0 aliphatic carbocycles. The Kier molecular flexibility index (Phi) is 6.25. The fourth-order valence-electron chi connectivity index (χ4n) is 3.91. The predicted molar refractivity (Wildman–Crippen MR) is 116 cm³/mol. The SMILES string of the molecule is CCOC(=O)[C@H]1C(=O)NC(N2CCN(C(=O)c3ccco3)CC2)=N[C@H]1c1ccc(C)cc1. The fourth-order valence-corrected chi connectivity index (χ4v) is 3.91. The fraction of sp³-hybridized carbons (Fsp3) is 0.391. The zero-order valence-electron chi connectivity index (χ0n) is 18.1. The quantitative estimate of drug-likeness (QED) is 0.576. The molecule has 1 saturated heterocycles. The van der Waals surface area contributed by atoms with Gasteiger partial charge >= 0.3 is 5.97 Å². The molecule has 2 atom stereocenters. The average Bonchev–Trinajstić information content (AvgIpc) is 3.34. The highest BCUT2D eigenvalue weighted by molar-refractivity contribution is 6.08. The number of aliphatic imine (C=N–C) groups is 1. The molecule has 168 valence electrons. The number of piperazine rings is 1.